The van der Waals surface area contributed by atoms with Crippen LogP contribution in [-0.4, -0.2) is 52.6 Å². The van der Waals surface area contributed by atoms with Crippen LogP contribution in [0.3, 0.4) is 0 Å². The van der Waals surface area contributed by atoms with Gasteiger partial charge in [0.15, 0.2) is 0 Å². The van der Waals surface area contributed by atoms with Crippen molar-refractivity contribution >= 4 is 23.8 Å². The van der Waals surface area contributed by atoms with E-state index in [0.717, 1.165) is 0 Å². The number of nitrogens with one attached hydrogen (secondary N) is 1. The minimum absolute atomic E-state index is 0.0532. The lowest BCUT2D eigenvalue weighted by Crippen LogP contribution is -2.47. The van der Waals surface area contributed by atoms with E-state index in [4.69, 9.17) is 5.11 Å². The van der Waals surface area contributed by atoms with Gasteiger partial charge < -0.3 is 15.3 Å². The summed E-state index contributed by atoms with van der Waals surface area (Å²) in [5, 5.41) is 11.6. The average molecular weight is 276 g/mol. The van der Waals surface area contributed by atoms with E-state index < -0.39 is 5.97 Å². The fraction of sp³-hybridized carbons (Fsp3) is 0.833. The summed E-state index contributed by atoms with van der Waals surface area (Å²) in [6.45, 7) is 8.66. The van der Waals surface area contributed by atoms with Crippen molar-refractivity contribution in [2.24, 2.45) is 5.92 Å². The van der Waals surface area contributed by atoms with Crippen molar-refractivity contribution in [3.63, 3.8) is 0 Å². The summed E-state index contributed by atoms with van der Waals surface area (Å²) >= 11 is 1.66. The van der Waals surface area contributed by atoms with E-state index in [9.17, 15) is 9.59 Å². The highest BCUT2D eigenvalue weighted by atomic mass is 32.2. The predicted octanol–water partition coefficient (Wildman–Crippen LogP) is 1.88. The summed E-state index contributed by atoms with van der Waals surface area (Å²) < 4.78 is -0.0532. The molecule has 0 unspecified atom stereocenters. The van der Waals surface area contributed by atoms with Gasteiger partial charge in [-0.1, -0.05) is 13.8 Å². The number of urea groups is 1. The molecule has 0 spiro atoms. The summed E-state index contributed by atoms with van der Waals surface area (Å²) in [5.41, 5.74) is 0. The van der Waals surface area contributed by atoms with Gasteiger partial charge in [-0.15, -0.1) is 0 Å². The van der Waals surface area contributed by atoms with Crippen LogP contribution in [-0.2, 0) is 4.79 Å². The zero-order chi connectivity index (χ0) is 14.3. The van der Waals surface area contributed by atoms with Crippen molar-refractivity contribution in [3.8, 4) is 0 Å². The van der Waals surface area contributed by atoms with Crippen molar-refractivity contribution in [1.82, 2.24) is 10.2 Å². The van der Waals surface area contributed by atoms with Crippen molar-refractivity contribution in [1.29, 1.82) is 0 Å². The Morgan fingerprint density at radius 3 is 2.33 bits per heavy atom. The van der Waals surface area contributed by atoms with E-state index in [1.54, 1.807) is 11.8 Å². The van der Waals surface area contributed by atoms with Crippen LogP contribution in [0, 0.1) is 5.92 Å². The smallest absolute Gasteiger partial charge is 0.323 e. The Hall–Kier alpha value is -0.910. The Bertz CT molecular complexity index is 293. The van der Waals surface area contributed by atoms with Crippen LogP contribution in [0.25, 0.3) is 0 Å². The quantitative estimate of drug-likeness (QED) is 0.745. The second-order valence-corrected chi connectivity index (χ2v) is 6.80. The summed E-state index contributed by atoms with van der Waals surface area (Å²) in [6.07, 6.45) is 1.98. The Kier molecular flexibility index (Phi) is 7.13. The Balaban J connectivity index is 4.42. The lowest BCUT2D eigenvalue weighted by molar-refractivity contribution is -0.137. The maximum absolute atomic E-state index is 11.9. The third kappa shape index (κ3) is 7.42. The van der Waals surface area contributed by atoms with Gasteiger partial charge in [0.1, 0.15) is 6.54 Å². The topological polar surface area (TPSA) is 69.6 Å². The molecule has 0 radical (unpaired) electrons. The van der Waals surface area contributed by atoms with Gasteiger partial charge in [0.2, 0.25) is 0 Å². The molecular weight excluding hydrogens is 252 g/mol. The predicted molar refractivity (Wildman–Crippen MR) is 75.0 cm³/mol. The van der Waals surface area contributed by atoms with E-state index >= 15 is 0 Å². The molecule has 18 heavy (non-hydrogen) atoms. The molecule has 2 N–H and O–H groups in total. The minimum atomic E-state index is -0.991. The second kappa shape index (κ2) is 7.51. The van der Waals surface area contributed by atoms with Gasteiger partial charge in [0.05, 0.1) is 0 Å². The molecule has 0 bridgehead atoms. The number of carbonyl (C=O) groups is 2. The first-order valence-electron chi connectivity index (χ1n) is 5.97. The standard InChI is InChI=1S/C12H24N2O3S/c1-9(2)6-14(7-10(15)16)11(17)13-8-12(3,4)18-5/h9H,6-8H2,1-5H3,(H,13,17)(H,15,16). The first kappa shape index (κ1) is 17.1. The highest BCUT2D eigenvalue weighted by molar-refractivity contribution is 7.99. The molecule has 2 amide bonds. The van der Waals surface area contributed by atoms with Crippen molar-refractivity contribution in [2.75, 3.05) is 25.9 Å². The number of carboxylic acids is 1. The lowest BCUT2D eigenvalue weighted by Gasteiger charge is -2.27. The number of carboxylic acid groups (broad SMARTS) is 1. The molecule has 5 nitrogen and oxygen atoms in total. The number of thioether (sulfide) groups is 1. The lowest BCUT2D eigenvalue weighted by atomic mass is 10.2. The van der Waals surface area contributed by atoms with Crippen LogP contribution in [0.1, 0.15) is 27.7 Å². The molecule has 0 aromatic rings. The van der Waals surface area contributed by atoms with Gasteiger partial charge in [0, 0.05) is 17.8 Å². The zero-order valence-electron chi connectivity index (χ0n) is 11.8. The Morgan fingerprint density at radius 2 is 1.94 bits per heavy atom. The van der Waals surface area contributed by atoms with Gasteiger partial charge in [0.25, 0.3) is 0 Å². The van der Waals surface area contributed by atoms with Crippen LogP contribution in [0.2, 0.25) is 0 Å². The van der Waals surface area contributed by atoms with Crippen LogP contribution in [0.5, 0.6) is 0 Å². The molecule has 0 rings (SSSR count). The first-order chi connectivity index (χ1) is 8.18. The molecule has 0 fully saturated rings. The van der Waals surface area contributed by atoms with Gasteiger partial charge >= 0.3 is 12.0 Å². The van der Waals surface area contributed by atoms with Crippen LogP contribution in [0.15, 0.2) is 0 Å². The van der Waals surface area contributed by atoms with Crippen molar-refractivity contribution in [2.45, 2.75) is 32.4 Å². The molecule has 0 aliphatic heterocycles. The maximum Gasteiger partial charge on any atom is 0.323 e. The van der Waals surface area contributed by atoms with Crippen molar-refractivity contribution in [3.05, 3.63) is 0 Å². The SMILES string of the molecule is CSC(C)(C)CNC(=O)N(CC(=O)O)CC(C)C. The largest absolute Gasteiger partial charge is 0.480 e. The summed E-state index contributed by atoms with van der Waals surface area (Å²) in [7, 11) is 0. The van der Waals surface area contributed by atoms with E-state index in [0.29, 0.717) is 13.1 Å². The molecule has 6 heteroatoms. The molecule has 0 aliphatic carbocycles. The normalized spacial score (nSPS) is 11.4. The first-order valence-corrected chi connectivity index (χ1v) is 7.20. The number of carbonyl (C=O) groups excluding carboxylic acids is 1. The summed E-state index contributed by atoms with van der Waals surface area (Å²) in [5.74, 6) is -0.751. The zero-order valence-corrected chi connectivity index (χ0v) is 12.6. The van der Waals surface area contributed by atoms with E-state index in [1.807, 2.05) is 34.0 Å². The van der Waals surface area contributed by atoms with E-state index in [1.165, 1.54) is 4.90 Å². The van der Waals surface area contributed by atoms with Gasteiger partial charge in [-0.2, -0.15) is 11.8 Å². The van der Waals surface area contributed by atoms with E-state index in [2.05, 4.69) is 5.32 Å². The molecule has 0 aliphatic rings. The van der Waals surface area contributed by atoms with Crippen LogP contribution < -0.4 is 5.32 Å². The number of hydrogen-bond acceptors (Lipinski definition) is 3. The molecule has 0 heterocycles. The van der Waals surface area contributed by atoms with Gasteiger partial charge in [-0.3, -0.25) is 4.79 Å². The molecule has 0 saturated heterocycles. The number of aliphatic carboxylic acids is 1. The number of rotatable bonds is 7. The Morgan fingerprint density at radius 1 is 1.39 bits per heavy atom. The second-order valence-electron chi connectivity index (χ2n) is 5.29. The van der Waals surface area contributed by atoms with E-state index in [-0.39, 0.29) is 23.2 Å². The fourth-order valence-corrected chi connectivity index (χ4v) is 1.51. The minimum Gasteiger partial charge on any atom is -0.480 e. The average Bonchev–Trinajstić information content (AvgIpc) is 2.24. The maximum atomic E-state index is 11.9. The molecular formula is C12H24N2O3S. The Labute approximate surface area is 113 Å². The third-order valence-electron chi connectivity index (χ3n) is 2.42. The number of amides is 2. The summed E-state index contributed by atoms with van der Waals surface area (Å²) in [6, 6.07) is -0.312. The number of nitrogens with zero attached hydrogens (tertiary/aromatic N) is 1. The van der Waals surface area contributed by atoms with Gasteiger partial charge in [-0.05, 0) is 26.0 Å². The third-order valence-corrected chi connectivity index (χ3v) is 3.67. The molecule has 0 aromatic heterocycles. The highest BCUT2D eigenvalue weighted by Gasteiger charge is 2.21. The molecule has 0 aromatic carbocycles. The van der Waals surface area contributed by atoms with Crippen LogP contribution >= 0.6 is 11.8 Å². The highest BCUT2D eigenvalue weighted by Crippen LogP contribution is 2.19. The monoisotopic (exact) mass is 276 g/mol. The molecule has 0 saturated carbocycles. The van der Waals surface area contributed by atoms with Crippen molar-refractivity contribution < 1.29 is 14.7 Å². The number of hydrogen-bond donors (Lipinski definition) is 2. The molecule has 106 valence electrons. The fourth-order valence-electron chi connectivity index (χ4n) is 1.30. The van der Waals surface area contributed by atoms with Crippen LogP contribution in [0.4, 0.5) is 4.79 Å². The van der Waals surface area contributed by atoms with Gasteiger partial charge in [-0.25, -0.2) is 4.79 Å². The molecule has 0 atom stereocenters. The summed E-state index contributed by atoms with van der Waals surface area (Å²) in [4.78, 5) is 24.0.